The van der Waals surface area contributed by atoms with Gasteiger partial charge in [-0.3, -0.25) is 4.79 Å². The third-order valence-electron chi connectivity index (χ3n) is 2.31. The van der Waals surface area contributed by atoms with E-state index in [-0.39, 0.29) is 5.12 Å². The minimum atomic E-state index is -1.26. The summed E-state index contributed by atoms with van der Waals surface area (Å²) in [5, 5.41) is 1.54. The second kappa shape index (κ2) is 6.09. The SMILES string of the molecule is CC(=O)SCC#Cc1cccc([Si](C)(C)C)c1. The normalized spacial score (nSPS) is 10.6. The number of hydrogen-bond donors (Lipinski definition) is 0. The van der Waals surface area contributed by atoms with Gasteiger partial charge in [0.25, 0.3) is 0 Å². The molecule has 0 aromatic heterocycles. The van der Waals surface area contributed by atoms with Crippen LogP contribution in [0.1, 0.15) is 12.5 Å². The topological polar surface area (TPSA) is 17.1 Å². The molecule has 0 unspecified atom stereocenters. The number of carbonyl (C=O) groups is 1. The Balaban J connectivity index is 2.76. The summed E-state index contributed by atoms with van der Waals surface area (Å²) < 4.78 is 0. The molecule has 0 saturated carbocycles. The molecule has 1 rings (SSSR count). The van der Waals surface area contributed by atoms with Crippen molar-refractivity contribution in [1.29, 1.82) is 0 Å². The Morgan fingerprint density at radius 3 is 2.65 bits per heavy atom. The van der Waals surface area contributed by atoms with Crippen LogP contribution in [0.5, 0.6) is 0 Å². The minimum Gasteiger partial charge on any atom is -0.288 e. The molecule has 0 aliphatic rings. The quantitative estimate of drug-likeness (QED) is 0.602. The van der Waals surface area contributed by atoms with Crippen LogP contribution in [0.3, 0.4) is 0 Å². The first kappa shape index (κ1) is 14.1. The van der Waals surface area contributed by atoms with Gasteiger partial charge in [0.15, 0.2) is 5.12 Å². The molecule has 0 N–H and O–H groups in total. The number of hydrogen-bond acceptors (Lipinski definition) is 2. The summed E-state index contributed by atoms with van der Waals surface area (Å²) in [5.74, 6) is 6.71. The van der Waals surface area contributed by atoms with E-state index >= 15 is 0 Å². The van der Waals surface area contributed by atoms with Gasteiger partial charge in [0.2, 0.25) is 0 Å². The Morgan fingerprint density at radius 2 is 2.06 bits per heavy atom. The summed E-state index contributed by atoms with van der Waals surface area (Å²) >= 11 is 1.26. The van der Waals surface area contributed by atoms with Crippen LogP contribution in [-0.2, 0) is 4.79 Å². The molecule has 1 nitrogen and oxygen atoms in total. The number of benzene rings is 1. The predicted octanol–water partition coefficient (Wildman–Crippen LogP) is 2.86. The molecule has 90 valence electrons. The van der Waals surface area contributed by atoms with Crippen molar-refractivity contribution in [3.63, 3.8) is 0 Å². The lowest BCUT2D eigenvalue weighted by molar-refractivity contribution is -0.109. The number of thioether (sulfide) groups is 1. The minimum absolute atomic E-state index is 0.121. The molecule has 17 heavy (non-hydrogen) atoms. The van der Waals surface area contributed by atoms with E-state index in [0.29, 0.717) is 5.75 Å². The molecule has 0 aliphatic heterocycles. The highest BCUT2D eigenvalue weighted by Crippen LogP contribution is 2.04. The summed E-state index contributed by atoms with van der Waals surface area (Å²) in [7, 11) is -1.26. The van der Waals surface area contributed by atoms with Gasteiger partial charge in [-0.1, -0.05) is 60.6 Å². The van der Waals surface area contributed by atoms with Crippen molar-refractivity contribution < 1.29 is 4.79 Å². The van der Waals surface area contributed by atoms with Crippen molar-refractivity contribution in [2.75, 3.05) is 5.75 Å². The maximum atomic E-state index is 10.7. The Hall–Kier alpha value is -0.983. The van der Waals surface area contributed by atoms with Crippen LogP contribution in [0, 0.1) is 11.8 Å². The largest absolute Gasteiger partial charge is 0.288 e. The zero-order valence-electron chi connectivity index (χ0n) is 10.8. The average molecular weight is 262 g/mol. The smallest absolute Gasteiger partial charge is 0.186 e. The van der Waals surface area contributed by atoms with E-state index in [2.05, 4.69) is 49.7 Å². The van der Waals surface area contributed by atoms with E-state index in [4.69, 9.17) is 0 Å². The summed E-state index contributed by atoms with van der Waals surface area (Å²) in [6.07, 6.45) is 0. The number of rotatable bonds is 2. The van der Waals surface area contributed by atoms with Crippen molar-refractivity contribution in [2.45, 2.75) is 26.6 Å². The van der Waals surface area contributed by atoms with E-state index in [9.17, 15) is 4.79 Å². The van der Waals surface area contributed by atoms with Crippen molar-refractivity contribution in [2.24, 2.45) is 0 Å². The van der Waals surface area contributed by atoms with Crippen LogP contribution in [-0.4, -0.2) is 18.9 Å². The molecular weight excluding hydrogens is 244 g/mol. The lowest BCUT2D eigenvalue weighted by Gasteiger charge is -2.16. The van der Waals surface area contributed by atoms with Gasteiger partial charge in [-0.05, 0) is 12.1 Å². The van der Waals surface area contributed by atoms with Gasteiger partial charge >= 0.3 is 0 Å². The molecule has 0 aliphatic carbocycles. The van der Waals surface area contributed by atoms with Crippen LogP contribution < -0.4 is 5.19 Å². The zero-order chi connectivity index (χ0) is 12.9. The summed E-state index contributed by atoms with van der Waals surface area (Å²) in [6.45, 7) is 8.54. The fourth-order valence-corrected chi connectivity index (χ4v) is 2.87. The summed E-state index contributed by atoms with van der Waals surface area (Å²) in [4.78, 5) is 10.7. The van der Waals surface area contributed by atoms with Gasteiger partial charge in [-0.2, -0.15) is 0 Å². The van der Waals surface area contributed by atoms with Crippen molar-refractivity contribution in [1.82, 2.24) is 0 Å². The predicted molar refractivity (Wildman–Crippen MR) is 79.4 cm³/mol. The molecular formula is C14H18OSSi. The lowest BCUT2D eigenvalue weighted by atomic mass is 10.2. The Kier molecular flexibility index (Phi) is 5.04. The number of carbonyl (C=O) groups excluding carboxylic acids is 1. The Bertz CT molecular complexity index is 463. The monoisotopic (exact) mass is 262 g/mol. The fraction of sp³-hybridized carbons (Fsp3) is 0.357. The van der Waals surface area contributed by atoms with Gasteiger partial charge in [0.1, 0.15) is 0 Å². The van der Waals surface area contributed by atoms with Crippen LogP contribution in [0.25, 0.3) is 0 Å². The molecule has 0 bridgehead atoms. The zero-order valence-corrected chi connectivity index (χ0v) is 12.6. The van der Waals surface area contributed by atoms with Crippen molar-refractivity contribution in [3.05, 3.63) is 29.8 Å². The molecule has 0 heterocycles. The van der Waals surface area contributed by atoms with E-state index in [1.54, 1.807) is 6.92 Å². The van der Waals surface area contributed by atoms with Crippen LogP contribution >= 0.6 is 11.8 Å². The van der Waals surface area contributed by atoms with Gasteiger partial charge in [-0.25, -0.2) is 0 Å². The maximum Gasteiger partial charge on any atom is 0.186 e. The van der Waals surface area contributed by atoms with E-state index in [1.807, 2.05) is 6.07 Å². The first-order chi connectivity index (χ1) is 7.89. The highest BCUT2D eigenvalue weighted by atomic mass is 32.2. The molecule has 3 heteroatoms. The van der Waals surface area contributed by atoms with Crippen LogP contribution in [0.15, 0.2) is 24.3 Å². The molecule has 1 aromatic carbocycles. The van der Waals surface area contributed by atoms with Gasteiger partial charge < -0.3 is 0 Å². The van der Waals surface area contributed by atoms with Crippen molar-refractivity contribution >= 4 is 30.1 Å². The fourth-order valence-electron chi connectivity index (χ4n) is 1.34. The second-order valence-electron chi connectivity index (χ2n) is 4.91. The maximum absolute atomic E-state index is 10.7. The Morgan fingerprint density at radius 1 is 1.35 bits per heavy atom. The van der Waals surface area contributed by atoms with Gasteiger partial charge in [0, 0.05) is 12.5 Å². The summed E-state index contributed by atoms with van der Waals surface area (Å²) in [6, 6.07) is 8.45. The first-order valence-corrected chi connectivity index (χ1v) is 10.1. The van der Waals surface area contributed by atoms with Crippen LogP contribution in [0.4, 0.5) is 0 Å². The molecule has 0 radical (unpaired) electrons. The lowest BCUT2D eigenvalue weighted by Crippen LogP contribution is -2.37. The van der Waals surface area contributed by atoms with Gasteiger partial charge in [0.05, 0.1) is 13.8 Å². The van der Waals surface area contributed by atoms with Gasteiger partial charge in [-0.15, -0.1) is 0 Å². The second-order valence-corrected chi connectivity index (χ2v) is 11.1. The van der Waals surface area contributed by atoms with E-state index < -0.39 is 8.07 Å². The van der Waals surface area contributed by atoms with Crippen LogP contribution in [0.2, 0.25) is 19.6 Å². The molecule has 0 fully saturated rings. The average Bonchev–Trinajstić information content (AvgIpc) is 2.23. The standard InChI is InChI=1S/C14H18OSSi/c1-12(15)16-10-6-8-13-7-5-9-14(11-13)17(2,3)4/h5,7,9,11H,10H2,1-4H3. The summed E-state index contributed by atoms with van der Waals surface area (Å²) in [5.41, 5.74) is 1.05. The first-order valence-electron chi connectivity index (χ1n) is 5.62. The third kappa shape index (κ3) is 5.25. The highest BCUT2D eigenvalue weighted by molar-refractivity contribution is 8.13. The molecule has 1 aromatic rings. The van der Waals surface area contributed by atoms with E-state index in [1.165, 1.54) is 16.9 Å². The molecule has 0 spiro atoms. The molecule has 0 amide bonds. The molecule has 0 atom stereocenters. The third-order valence-corrected chi connectivity index (χ3v) is 5.05. The highest BCUT2D eigenvalue weighted by Gasteiger charge is 2.15. The molecule has 0 saturated heterocycles. The van der Waals surface area contributed by atoms with E-state index in [0.717, 1.165) is 5.56 Å². The Labute approximate surface area is 109 Å². The van der Waals surface area contributed by atoms with Crippen molar-refractivity contribution in [3.8, 4) is 11.8 Å².